The number of unbranched alkanes of at least 4 members (excludes halogenated alkanes) is 3. The second-order valence-electron chi connectivity index (χ2n) is 4.20. The minimum absolute atomic E-state index is 0.323. The Hall–Kier alpha value is -0.540. The molecule has 0 amide bonds. The monoisotopic (exact) mass is 299 g/mol. The molecule has 0 unspecified atom stereocenters. The number of benzene rings is 1. The fraction of sp³-hybridized carbons (Fsp3) is 0.571. The first-order valence-electron chi connectivity index (χ1n) is 6.39. The lowest BCUT2D eigenvalue weighted by Gasteiger charge is -2.23. The van der Waals surface area contributed by atoms with Gasteiger partial charge in [-0.25, -0.2) is 0 Å². The van der Waals surface area contributed by atoms with E-state index in [1.54, 1.807) is 0 Å². The van der Waals surface area contributed by atoms with Gasteiger partial charge >= 0.3 is 0 Å². The molecule has 0 heterocycles. The van der Waals surface area contributed by atoms with Crippen molar-refractivity contribution in [2.24, 2.45) is 0 Å². The zero-order chi connectivity index (χ0) is 12.5. The van der Waals surface area contributed by atoms with Crippen molar-refractivity contribution in [2.75, 3.05) is 24.6 Å². The van der Waals surface area contributed by atoms with Crippen LogP contribution in [-0.2, 0) is 0 Å². The van der Waals surface area contributed by atoms with Crippen molar-refractivity contribution >= 4 is 21.6 Å². The first-order chi connectivity index (χ1) is 8.27. The number of hydrogen-bond acceptors (Lipinski definition) is 2. The molecule has 0 spiro atoms. The standard InChI is InChI=1S/C14H22BrNO/c1-2-16(10-5-3-4-6-11-17)14-9-7-8-13(15)12-14/h7-9,12,17H,2-6,10-11H2,1H3. The summed E-state index contributed by atoms with van der Waals surface area (Å²) in [5, 5.41) is 8.71. The fourth-order valence-corrected chi connectivity index (χ4v) is 2.30. The van der Waals surface area contributed by atoms with E-state index in [1.165, 1.54) is 18.5 Å². The van der Waals surface area contributed by atoms with Gasteiger partial charge in [-0.15, -0.1) is 0 Å². The van der Waals surface area contributed by atoms with E-state index in [-0.39, 0.29) is 0 Å². The van der Waals surface area contributed by atoms with Gasteiger partial charge < -0.3 is 10.0 Å². The molecule has 0 aliphatic rings. The van der Waals surface area contributed by atoms with Crippen LogP contribution in [0.4, 0.5) is 5.69 Å². The maximum atomic E-state index is 8.71. The number of hydrogen-bond donors (Lipinski definition) is 1. The molecular formula is C14H22BrNO. The van der Waals surface area contributed by atoms with Crippen LogP contribution in [-0.4, -0.2) is 24.8 Å². The minimum Gasteiger partial charge on any atom is -0.396 e. The average molecular weight is 300 g/mol. The van der Waals surface area contributed by atoms with E-state index in [0.717, 1.165) is 30.4 Å². The van der Waals surface area contributed by atoms with E-state index in [0.29, 0.717) is 6.61 Å². The quantitative estimate of drug-likeness (QED) is 0.738. The summed E-state index contributed by atoms with van der Waals surface area (Å²) in [6, 6.07) is 8.45. The van der Waals surface area contributed by atoms with Crippen LogP contribution in [0.5, 0.6) is 0 Å². The SMILES string of the molecule is CCN(CCCCCCO)c1cccc(Br)c1. The van der Waals surface area contributed by atoms with E-state index < -0.39 is 0 Å². The Morgan fingerprint density at radius 1 is 1.18 bits per heavy atom. The third-order valence-corrected chi connectivity index (χ3v) is 3.38. The highest BCUT2D eigenvalue weighted by Gasteiger charge is 2.03. The molecule has 0 aliphatic heterocycles. The molecule has 1 aromatic rings. The molecule has 2 nitrogen and oxygen atoms in total. The minimum atomic E-state index is 0.323. The normalized spacial score (nSPS) is 10.5. The maximum absolute atomic E-state index is 8.71. The Morgan fingerprint density at radius 3 is 2.59 bits per heavy atom. The van der Waals surface area contributed by atoms with Crippen LogP contribution in [0.15, 0.2) is 28.7 Å². The number of nitrogens with zero attached hydrogens (tertiary/aromatic N) is 1. The van der Waals surface area contributed by atoms with Gasteiger partial charge in [0.15, 0.2) is 0 Å². The van der Waals surface area contributed by atoms with Gasteiger partial charge in [0.1, 0.15) is 0 Å². The number of aliphatic hydroxyl groups excluding tert-OH is 1. The number of aliphatic hydroxyl groups is 1. The predicted octanol–water partition coefficient (Wildman–Crippen LogP) is 3.83. The Labute approximate surface area is 113 Å². The molecule has 17 heavy (non-hydrogen) atoms. The summed E-state index contributed by atoms with van der Waals surface area (Å²) < 4.78 is 1.13. The average Bonchev–Trinajstić information content (AvgIpc) is 2.34. The number of anilines is 1. The zero-order valence-corrected chi connectivity index (χ0v) is 12.1. The largest absolute Gasteiger partial charge is 0.396 e. The molecule has 0 atom stereocenters. The van der Waals surface area contributed by atoms with Gasteiger partial charge in [-0.2, -0.15) is 0 Å². The highest BCUT2D eigenvalue weighted by Crippen LogP contribution is 2.20. The van der Waals surface area contributed by atoms with Gasteiger partial charge in [0, 0.05) is 29.9 Å². The van der Waals surface area contributed by atoms with Gasteiger partial charge in [-0.1, -0.05) is 34.8 Å². The van der Waals surface area contributed by atoms with Gasteiger partial charge in [-0.05, 0) is 38.0 Å². The van der Waals surface area contributed by atoms with Crippen molar-refractivity contribution in [3.05, 3.63) is 28.7 Å². The van der Waals surface area contributed by atoms with Crippen molar-refractivity contribution in [3.63, 3.8) is 0 Å². The maximum Gasteiger partial charge on any atom is 0.0431 e. The summed E-state index contributed by atoms with van der Waals surface area (Å²) in [7, 11) is 0. The molecule has 1 aromatic carbocycles. The Morgan fingerprint density at radius 2 is 1.94 bits per heavy atom. The fourth-order valence-electron chi connectivity index (χ4n) is 1.91. The number of rotatable bonds is 8. The van der Waals surface area contributed by atoms with E-state index in [1.807, 2.05) is 0 Å². The molecule has 0 saturated heterocycles. The Balaban J connectivity index is 2.38. The molecule has 0 bridgehead atoms. The third-order valence-electron chi connectivity index (χ3n) is 2.89. The van der Waals surface area contributed by atoms with Crippen LogP contribution in [0, 0.1) is 0 Å². The van der Waals surface area contributed by atoms with Crippen LogP contribution in [0.2, 0.25) is 0 Å². The second kappa shape index (κ2) is 8.54. The lowest BCUT2D eigenvalue weighted by molar-refractivity contribution is 0.282. The van der Waals surface area contributed by atoms with E-state index in [4.69, 9.17) is 5.11 Å². The van der Waals surface area contributed by atoms with Crippen LogP contribution in [0.25, 0.3) is 0 Å². The van der Waals surface area contributed by atoms with Crippen molar-refractivity contribution in [1.82, 2.24) is 0 Å². The molecule has 0 aromatic heterocycles. The van der Waals surface area contributed by atoms with Gasteiger partial charge in [-0.3, -0.25) is 0 Å². The summed E-state index contributed by atoms with van der Waals surface area (Å²) in [6.45, 7) is 4.65. The topological polar surface area (TPSA) is 23.5 Å². The molecular weight excluding hydrogens is 278 g/mol. The van der Waals surface area contributed by atoms with Crippen molar-refractivity contribution in [3.8, 4) is 0 Å². The summed E-state index contributed by atoms with van der Waals surface area (Å²) in [5.74, 6) is 0. The predicted molar refractivity (Wildman–Crippen MR) is 77.6 cm³/mol. The summed E-state index contributed by atoms with van der Waals surface area (Å²) in [4.78, 5) is 2.39. The summed E-state index contributed by atoms with van der Waals surface area (Å²) in [5.41, 5.74) is 1.28. The Kier molecular flexibility index (Phi) is 7.29. The third kappa shape index (κ3) is 5.55. The zero-order valence-electron chi connectivity index (χ0n) is 10.5. The van der Waals surface area contributed by atoms with Gasteiger partial charge in [0.2, 0.25) is 0 Å². The van der Waals surface area contributed by atoms with E-state index in [9.17, 15) is 0 Å². The van der Waals surface area contributed by atoms with Gasteiger partial charge in [0.05, 0.1) is 0 Å². The van der Waals surface area contributed by atoms with Crippen molar-refractivity contribution < 1.29 is 5.11 Å². The summed E-state index contributed by atoms with van der Waals surface area (Å²) in [6.07, 6.45) is 4.46. The number of halogens is 1. The van der Waals surface area contributed by atoms with Crippen LogP contribution < -0.4 is 4.90 Å². The van der Waals surface area contributed by atoms with Gasteiger partial charge in [0.25, 0.3) is 0 Å². The highest BCUT2D eigenvalue weighted by molar-refractivity contribution is 9.10. The summed E-state index contributed by atoms with van der Waals surface area (Å²) >= 11 is 3.51. The highest BCUT2D eigenvalue weighted by atomic mass is 79.9. The first-order valence-corrected chi connectivity index (χ1v) is 7.18. The second-order valence-corrected chi connectivity index (χ2v) is 5.11. The lowest BCUT2D eigenvalue weighted by atomic mass is 10.2. The van der Waals surface area contributed by atoms with Crippen molar-refractivity contribution in [1.29, 1.82) is 0 Å². The molecule has 0 fully saturated rings. The molecule has 96 valence electrons. The molecule has 0 radical (unpaired) electrons. The first kappa shape index (κ1) is 14.5. The van der Waals surface area contributed by atoms with E-state index in [2.05, 4.69) is 52.0 Å². The van der Waals surface area contributed by atoms with Crippen LogP contribution >= 0.6 is 15.9 Å². The Bertz CT molecular complexity index is 317. The molecule has 3 heteroatoms. The molecule has 0 saturated carbocycles. The molecule has 0 aliphatic carbocycles. The smallest absolute Gasteiger partial charge is 0.0431 e. The van der Waals surface area contributed by atoms with Crippen LogP contribution in [0.3, 0.4) is 0 Å². The van der Waals surface area contributed by atoms with Crippen LogP contribution in [0.1, 0.15) is 32.6 Å². The van der Waals surface area contributed by atoms with Crippen molar-refractivity contribution in [2.45, 2.75) is 32.6 Å². The molecule has 1 N–H and O–H groups in total. The van der Waals surface area contributed by atoms with E-state index >= 15 is 0 Å². The lowest BCUT2D eigenvalue weighted by Crippen LogP contribution is -2.23. The molecule has 1 rings (SSSR count).